The highest BCUT2D eigenvalue weighted by Crippen LogP contribution is 2.13. The van der Waals surface area contributed by atoms with Gasteiger partial charge in [-0.15, -0.1) is 0 Å². The van der Waals surface area contributed by atoms with Gasteiger partial charge in [-0.3, -0.25) is 52.7 Å². The highest BCUT2D eigenvalue weighted by atomic mass is 16.4. The number of hydrogen-bond donors (Lipinski definition) is 16. The van der Waals surface area contributed by atoms with E-state index in [0.29, 0.717) is 18.5 Å². The summed E-state index contributed by atoms with van der Waals surface area (Å²) >= 11 is 0. The van der Waals surface area contributed by atoms with Crippen LogP contribution in [0.15, 0.2) is 24.3 Å². The number of phenols is 1. The Morgan fingerprint density at radius 3 is 1.40 bits per heavy atom. The number of aliphatic hydroxyl groups excluding tert-OH is 2. The number of nitrogens with one attached hydrogen (secondary N) is 8. The SMILES string of the molecule is CCCCCCCCCCCCNC(=O)[C@@H](N)CC(=O)N[C@H](CO)C(=O)N[C@H](Cc1ccc(O)cc1)C(=O)N[C@H](CC(N)=O)C(=O)NCC(=O)N[C@@H](CC(N)=O)C(=O)N[C@@H](CO)C(=O)N[C@@H](CC(N)=O)C(=O)O. The summed E-state index contributed by atoms with van der Waals surface area (Å²) in [7, 11) is 0. The first-order chi connectivity index (χ1) is 34.5. The molecule has 0 aliphatic rings. The number of unbranched alkanes of at least 4 members (excludes halogenated alkanes) is 9. The molecule has 0 bridgehead atoms. The molecule has 11 amide bonds. The molecule has 0 spiro atoms. The lowest BCUT2D eigenvalue weighted by molar-refractivity contribution is -0.144. The molecule has 0 saturated heterocycles. The molecule has 1 aromatic rings. The zero-order valence-electron chi connectivity index (χ0n) is 40.8. The van der Waals surface area contributed by atoms with Crippen LogP contribution < -0.4 is 65.5 Å². The fraction of sp³-hybridized carbons (Fsp3) is 0.600. The van der Waals surface area contributed by atoms with E-state index in [1.807, 2.05) is 10.6 Å². The largest absolute Gasteiger partial charge is 0.508 e. The molecule has 7 atom stereocenters. The Balaban J connectivity index is 3.03. The zero-order valence-corrected chi connectivity index (χ0v) is 40.8. The van der Waals surface area contributed by atoms with Crippen LogP contribution in [0, 0.1) is 0 Å². The van der Waals surface area contributed by atoms with E-state index in [4.69, 9.17) is 22.9 Å². The fourth-order valence-corrected chi connectivity index (χ4v) is 6.81. The molecule has 0 heterocycles. The molecule has 20 N–H and O–H groups in total. The van der Waals surface area contributed by atoms with Crippen LogP contribution >= 0.6 is 0 Å². The Hall–Kier alpha value is -7.46. The van der Waals surface area contributed by atoms with Crippen molar-refractivity contribution in [3.63, 3.8) is 0 Å². The first-order valence-corrected chi connectivity index (χ1v) is 23.7. The second-order valence-electron chi connectivity index (χ2n) is 17.1. The molecule has 0 fully saturated rings. The Bertz CT molecular complexity index is 2040. The van der Waals surface area contributed by atoms with Gasteiger partial charge in [0.05, 0.1) is 51.5 Å². The van der Waals surface area contributed by atoms with Gasteiger partial charge in [-0.25, -0.2) is 4.79 Å². The molecular formula is C45H72N12O16. The van der Waals surface area contributed by atoms with Gasteiger partial charge in [-0.05, 0) is 24.1 Å². The van der Waals surface area contributed by atoms with Crippen molar-refractivity contribution in [1.29, 1.82) is 0 Å². The van der Waals surface area contributed by atoms with E-state index >= 15 is 0 Å². The van der Waals surface area contributed by atoms with Gasteiger partial charge in [0.1, 0.15) is 42.0 Å². The summed E-state index contributed by atoms with van der Waals surface area (Å²) in [6, 6.07) is -6.81. The minimum Gasteiger partial charge on any atom is -0.508 e. The summed E-state index contributed by atoms with van der Waals surface area (Å²) < 4.78 is 0. The van der Waals surface area contributed by atoms with Crippen molar-refractivity contribution < 1.29 is 78.0 Å². The van der Waals surface area contributed by atoms with Crippen molar-refractivity contribution >= 4 is 70.9 Å². The highest BCUT2D eigenvalue weighted by Gasteiger charge is 2.33. The lowest BCUT2D eigenvalue weighted by Gasteiger charge is -2.25. The number of nitrogens with two attached hydrogens (primary N) is 4. The molecule has 28 nitrogen and oxygen atoms in total. The van der Waals surface area contributed by atoms with E-state index in [1.165, 1.54) is 56.4 Å². The lowest BCUT2D eigenvalue weighted by Crippen LogP contribution is -2.59. The first kappa shape index (κ1) is 63.6. The molecule has 1 aromatic carbocycles. The van der Waals surface area contributed by atoms with Gasteiger partial charge in [0, 0.05) is 13.0 Å². The average Bonchev–Trinajstić information content (AvgIpc) is 3.32. The number of carboxylic acid groups (broad SMARTS) is 1. The normalized spacial score (nSPS) is 13.7. The minimum atomic E-state index is -1.89. The van der Waals surface area contributed by atoms with Crippen molar-refractivity contribution in [2.75, 3.05) is 26.3 Å². The van der Waals surface area contributed by atoms with E-state index in [1.54, 1.807) is 0 Å². The number of aromatic hydroxyl groups is 1. The number of primary amides is 3. The molecule has 408 valence electrons. The van der Waals surface area contributed by atoms with E-state index in [2.05, 4.69) is 38.8 Å². The van der Waals surface area contributed by atoms with Gasteiger partial charge >= 0.3 is 5.97 Å². The average molecular weight is 1040 g/mol. The smallest absolute Gasteiger partial charge is 0.326 e. The summed E-state index contributed by atoms with van der Waals surface area (Å²) in [4.78, 5) is 151. The number of aliphatic carboxylic acids is 1. The van der Waals surface area contributed by atoms with Crippen LogP contribution in [0.3, 0.4) is 0 Å². The van der Waals surface area contributed by atoms with Crippen LogP contribution in [-0.4, -0.2) is 160 Å². The molecule has 0 aliphatic carbocycles. The lowest BCUT2D eigenvalue weighted by atomic mass is 10.0. The number of carbonyl (C=O) groups is 12. The third-order valence-corrected chi connectivity index (χ3v) is 10.8. The quantitative estimate of drug-likeness (QED) is 0.0275. The maximum absolute atomic E-state index is 13.8. The first-order valence-electron chi connectivity index (χ1n) is 23.7. The highest BCUT2D eigenvalue weighted by molar-refractivity contribution is 5.99. The maximum Gasteiger partial charge on any atom is 0.326 e. The predicted octanol–water partition coefficient (Wildman–Crippen LogP) is -5.59. The third-order valence-electron chi connectivity index (χ3n) is 10.8. The molecule has 0 saturated carbocycles. The van der Waals surface area contributed by atoms with Crippen LogP contribution in [-0.2, 0) is 64.0 Å². The summed E-state index contributed by atoms with van der Waals surface area (Å²) in [6.07, 6.45) is 7.40. The zero-order chi connectivity index (χ0) is 55.0. The monoisotopic (exact) mass is 1040 g/mol. The number of carboxylic acids is 1. The van der Waals surface area contributed by atoms with Crippen LogP contribution in [0.1, 0.15) is 102 Å². The van der Waals surface area contributed by atoms with E-state index in [0.717, 1.165) is 25.7 Å². The fourth-order valence-electron chi connectivity index (χ4n) is 6.81. The van der Waals surface area contributed by atoms with Crippen molar-refractivity contribution in [3.05, 3.63) is 29.8 Å². The number of benzene rings is 1. The van der Waals surface area contributed by atoms with Gasteiger partial charge < -0.3 is 85.9 Å². The Labute approximate surface area is 421 Å². The van der Waals surface area contributed by atoms with Crippen LogP contribution in [0.25, 0.3) is 0 Å². The molecule has 73 heavy (non-hydrogen) atoms. The van der Waals surface area contributed by atoms with Crippen molar-refractivity contribution in [2.24, 2.45) is 22.9 Å². The molecular weight excluding hydrogens is 965 g/mol. The van der Waals surface area contributed by atoms with E-state index in [-0.39, 0.29) is 12.2 Å². The molecule has 0 unspecified atom stereocenters. The Morgan fingerprint density at radius 1 is 0.479 bits per heavy atom. The van der Waals surface area contributed by atoms with Crippen molar-refractivity contribution in [1.82, 2.24) is 42.5 Å². The van der Waals surface area contributed by atoms with Gasteiger partial charge in [-0.2, -0.15) is 0 Å². The van der Waals surface area contributed by atoms with Crippen molar-refractivity contribution in [3.8, 4) is 5.75 Å². The Morgan fingerprint density at radius 2 is 0.890 bits per heavy atom. The second kappa shape index (κ2) is 34.8. The molecule has 0 radical (unpaired) electrons. The molecule has 1 rings (SSSR count). The summed E-state index contributed by atoms with van der Waals surface area (Å²) in [6.45, 7) is -0.642. The van der Waals surface area contributed by atoms with Crippen molar-refractivity contribution in [2.45, 2.75) is 146 Å². The number of rotatable bonds is 38. The number of aliphatic hydroxyl groups is 2. The Kier molecular flexibility index (Phi) is 30.3. The minimum absolute atomic E-state index is 0.155. The van der Waals surface area contributed by atoms with Gasteiger partial charge in [0.2, 0.25) is 65.0 Å². The summed E-state index contributed by atoms with van der Waals surface area (Å²) in [5.74, 6) is -14.0. The molecule has 0 aliphatic heterocycles. The number of amides is 11. The van der Waals surface area contributed by atoms with Crippen LogP contribution in [0.4, 0.5) is 0 Å². The summed E-state index contributed by atoms with van der Waals surface area (Å²) in [5.41, 5.74) is 21.8. The molecule has 0 aromatic heterocycles. The third kappa shape index (κ3) is 27.1. The van der Waals surface area contributed by atoms with Gasteiger partial charge in [-0.1, -0.05) is 76.8 Å². The second-order valence-corrected chi connectivity index (χ2v) is 17.1. The number of carbonyl (C=O) groups excluding carboxylic acids is 11. The van der Waals surface area contributed by atoms with Crippen LogP contribution in [0.2, 0.25) is 0 Å². The van der Waals surface area contributed by atoms with Gasteiger partial charge in [0.25, 0.3) is 0 Å². The number of hydrogen-bond acceptors (Lipinski definition) is 16. The molecule has 28 heteroatoms. The van der Waals surface area contributed by atoms with E-state index in [9.17, 15) is 78.0 Å². The van der Waals surface area contributed by atoms with E-state index < -0.39 is 159 Å². The van der Waals surface area contributed by atoms with Gasteiger partial charge in [0.15, 0.2) is 0 Å². The number of phenolic OH excluding ortho intramolecular Hbond substituents is 1. The summed E-state index contributed by atoms with van der Waals surface area (Å²) in [5, 5.41) is 56.3. The van der Waals surface area contributed by atoms with Crippen LogP contribution in [0.5, 0.6) is 5.75 Å². The predicted molar refractivity (Wildman–Crippen MR) is 257 cm³/mol. The standard InChI is InChI=1S/C45H72N12O16/c1-2-3-4-5-6-7-8-9-10-11-16-50-39(66)27(46)18-37(64)53-32(23-58)43(70)54-28(17-25-12-14-26(60)15-13-25)41(68)55-29(19-34(47)61)40(67)51-22-38(65)52-30(20-35(48)62)42(69)57-33(24-59)44(71)56-31(45(72)73)21-36(49)63/h12-15,27-33,58-60H,2-11,16-24,46H2,1H3,(H2,47,61)(H2,48,62)(H2,49,63)(H,50,66)(H,51,67)(H,52,65)(H,53,64)(H,54,70)(H,55,68)(H,56,71)(H,57,69)(H,72,73)/t27-,28+,29+,30-,31-,32+,33-/m0/s1. The maximum atomic E-state index is 13.8. The topological polar surface area (TPSA) is 486 Å².